The lowest BCUT2D eigenvalue weighted by atomic mass is 10.7. The average Bonchev–Trinajstić information content (AvgIpc) is 1.35. The molecule has 1 atom stereocenters. The zero-order valence-electron chi connectivity index (χ0n) is 3.51. The smallest absolute Gasteiger partial charge is 0.126 e. The summed E-state index contributed by atoms with van der Waals surface area (Å²) >= 11 is 0. The molecule has 0 bridgehead atoms. The summed E-state index contributed by atoms with van der Waals surface area (Å²) in [7, 11) is 0. The number of hydrogen-bond donors (Lipinski definition) is 3. The standard InChI is InChI=1S/C2H8N2O2/c1-2(5)4-6-3/h2,4-5H,3H2,1H3. The summed E-state index contributed by atoms with van der Waals surface area (Å²) in [4.78, 5) is 3.80. The second-order valence-corrected chi connectivity index (χ2v) is 0.912. The van der Waals surface area contributed by atoms with Crippen molar-refractivity contribution in [3.8, 4) is 0 Å². The zero-order chi connectivity index (χ0) is 4.99. The van der Waals surface area contributed by atoms with Crippen molar-refractivity contribution in [1.82, 2.24) is 5.48 Å². The van der Waals surface area contributed by atoms with Gasteiger partial charge in [0, 0.05) is 0 Å². The molecule has 0 aromatic carbocycles. The van der Waals surface area contributed by atoms with Crippen LogP contribution in [0, 0.1) is 0 Å². The van der Waals surface area contributed by atoms with Crippen LogP contribution in [0.4, 0.5) is 0 Å². The van der Waals surface area contributed by atoms with E-state index in [1.54, 1.807) is 0 Å². The molecule has 0 aliphatic carbocycles. The van der Waals surface area contributed by atoms with E-state index in [0.29, 0.717) is 0 Å². The maximum atomic E-state index is 8.24. The van der Waals surface area contributed by atoms with Gasteiger partial charge in [0.05, 0.1) is 0 Å². The van der Waals surface area contributed by atoms with Crippen molar-refractivity contribution in [2.24, 2.45) is 5.90 Å². The van der Waals surface area contributed by atoms with Crippen LogP contribution in [0.3, 0.4) is 0 Å². The Balaban J connectivity index is 2.63. The third-order valence-electron chi connectivity index (χ3n) is 0.239. The lowest BCUT2D eigenvalue weighted by Gasteiger charge is -1.99. The molecule has 38 valence electrons. The first-order valence-corrected chi connectivity index (χ1v) is 1.56. The van der Waals surface area contributed by atoms with Gasteiger partial charge < -0.3 is 5.11 Å². The van der Waals surface area contributed by atoms with Crippen LogP contribution in [0.15, 0.2) is 0 Å². The molecule has 0 fully saturated rings. The molecule has 0 spiro atoms. The first kappa shape index (κ1) is 5.84. The van der Waals surface area contributed by atoms with Gasteiger partial charge in [-0.3, -0.25) is 0 Å². The Labute approximate surface area is 35.8 Å². The number of hydrogen-bond acceptors (Lipinski definition) is 4. The van der Waals surface area contributed by atoms with Gasteiger partial charge in [-0.1, -0.05) is 0 Å². The molecule has 0 radical (unpaired) electrons. The summed E-state index contributed by atoms with van der Waals surface area (Å²) in [6, 6.07) is 0. The van der Waals surface area contributed by atoms with Gasteiger partial charge in [0.15, 0.2) is 0 Å². The van der Waals surface area contributed by atoms with Gasteiger partial charge in [0.2, 0.25) is 0 Å². The van der Waals surface area contributed by atoms with Crippen LogP contribution in [-0.4, -0.2) is 11.3 Å². The average molecular weight is 92.1 g/mol. The van der Waals surface area contributed by atoms with Gasteiger partial charge in [0.1, 0.15) is 6.23 Å². The molecule has 0 aromatic heterocycles. The summed E-state index contributed by atoms with van der Waals surface area (Å²) in [5.74, 6) is 4.46. The Morgan fingerprint density at radius 3 is 2.50 bits per heavy atom. The lowest BCUT2D eigenvalue weighted by Crippen LogP contribution is -2.28. The predicted octanol–water partition coefficient (Wildman–Crippen LogP) is -1.28. The second-order valence-electron chi connectivity index (χ2n) is 0.912. The second kappa shape index (κ2) is 3.05. The van der Waals surface area contributed by atoms with Crippen LogP contribution in [0.5, 0.6) is 0 Å². The van der Waals surface area contributed by atoms with E-state index in [2.05, 4.69) is 10.8 Å². The number of hydroxylamine groups is 1. The quantitative estimate of drug-likeness (QED) is 0.293. The van der Waals surface area contributed by atoms with Crippen molar-refractivity contribution in [2.45, 2.75) is 13.2 Å². The molecule has 0 heterocycles. The van der Waals surface area contributed by atoms with E-state index in [0.717, 1.165) is 0 Å². The predicted molar refractivity (Wildman–Crippen MR) is 20.1 cm³/mol. The highest BCUT2D eigenvalue weighted by atomic mass is 16.8. The van der Waals surface area contributed by atoms with E-state index in [-0.39, 0.29) is 0 Å². The highest BCUT2D eigenvalue weighted by Crippen LogP contribution is 1.63. The Bertz CT molecular complexity index is 30.7. The third-order valence-corrected chi connectivity index (χ3v) is 0.239. The minimum absolute atomic E-state index is 0.699. The van der Waals surface area contributed by atoms with Crippen LogP contribution in [-0.2, 0) is 4.94 Å². The van der Waals surface area contributed by atoms with Crippen molar-refractivity contribution in [3.05, 3.63) is 0 Å². The maximum Gasteiger partial charge on any atom is 0.126 e. The third kappa shape index (κ3) is 3.84. The Hall–Kier alpha value is -0.160. The molecule has 0 aliphatic heterocycles. The SMILES string of the molecule is CC(O)NON. The summed E-state index contributed by atoms with van der Waals surface area (Å²) in [5.41, 5.74) is 2.04. The highest BCUT2D eigenvalue weighted by molar-refractivity contribution is 4.22. The molecule has 4 N–H and O–H groups in total. The Morgan fingerprint density at radius 1 is 2.00 bits per heavy atom. The molecule has 0 aliphatic rings. The first-order valence-electron chi connectivity index (χ1n) is 1.56. The molecule has 4 heteroatoms. The van der Waals surface area contributed by atoms with Crippen molar-refractivity contribution in [1.29, 1.82) is 0 Å². The lowest BCUT2D eigenvalue weighted by molar-refractivity contribution is -0.0501. The number of nitrogens with one attached hydrogen (secondary N) is 1. The normalized spacial score (nSPS) is 14.5. The summed E-state index contributed by atoms with van der Waals surface area (Å²) in [6.07, 6.45) is -0.699. The minimum Gasteiger partial charge on any atom is -0.377 e. The fraction of sp³-hybridized carbons (Fsp3) is 1.00. The number of rotatable bonds is 2. The molecular formula is C2H8N2O2. The molecule has 4 nitrogen and oxygen atoms in total. The fourth-order valence-electron chi connectivity index (χ4n) is 0.0985. The molecule has 0 saturated carbocycles. The highest BCUT2D eigenvalue weighted by Gasteiger charge is 1.85. The van der Waals surface area contributed by atoms with Crippen LogP contribution in [0.1, 0.15) is 6.92 Å². The van der Waals surface area contributed by atoms with Gasteiger partial charge in [-0.2, -0.15) is 11.4 Å². The zero-order valence-corrected chi connectivity index (χ0v) is 3.51. The van der Waals surface area contributed by atoms with E-state index in [1.165, 1.54) is 6.92 Å². The van der Waals surface area contributed by atoms with E-state index >= 15 is 0 Å². The monoisotopic (exact) mass is 92.1 g/mol. The molecule has 0 saturated heterocycles. The van der Waals surface area contributed by atoms with Crippen molar-refractivity contribution < 1.29 is 10.0 Å². The Kier molecular flexibility index (Phi) is 2.97. The van der Waals surface area contributed by atoms with Crippen LogP contribution < -0.4 is 11.4 Å². The van der Waals surface area contributed by atoms with Gasteiger partial charge in [-0.05, 0) is 6.92 Å². The van der Waals surface area contributed by atoms with E-state index < -0.39 is 6.23 Å². The van der Waals surface area contributed by atoms with Gasteiger partial charge in [-0.25, -0.2) is 4.94 Å². The molecule has 1 unspecified atom stereocenters. The van der Waals surface area contributed by atoms with E-state index in [1.807, 2.05) is 5.48 Å². The Morgan fingerprint density at radius 2 is 2.50 bits per heavy atom. The maximum absolute atomic E-state index is 8.24. The van der Waals surface area contributed by atoms with Crippen LogP contribution in [0.2, 0.25) is 0 Å². The van der Waals surface area contributed by atoms with Gasteiger partial charge in [0.25, 0.3) is 0 Å². The first-order chi connectivity index (χ1) is 2.77. The van der Waals surface area contributed by atoms with Gasteiger partial charge >= 0.3 is 0 Å². The molecule has 0 rings (SSSR count). The molecule has 6 heavy (non-hydrogen) atoms. The number of nitrogens with two attached hydrogens (primary N) is 1. The van der Waals surface area contributed by atoms with Crippen molar-refractivity contribution in [2.75, 3.05) is 0 Å². The summed E-state index contributed by atoms with van der Waals surface area (Å²) in [6.45, 7) is 1.49. The minimum atomic E-state index is -0.699. The molecule has 0 aromatic rings. The number of aliphatic hydroxyl groups excluding tert-OH is 1. The molecule has 0 amide bonds. The van der Waals surface area contributed by atoms with Gasteiger partial charge in [-0.15, -0.1) is 0 Å². The van der Waals surface area contributed by atoms with E-state index in [9.17, 15) is 0 Å². The molecular weight excluding hydrogens is 84.0 g/mol. The van der Waals surface area contributed by atoms with Crippen molar-refractivity contribution >= 4 is 0 Å². The summed E-state index contributed by atoms with van der Waals surface area (Å²) < 4.78 is 0. The van der Waals surface area contributed by atoms with Crippen LogP contribution in [0.25, 0.3) is 0 Å². The number of aliphatic hydroxyl groups is 1. The largest absolute Gasteiger partial charge is 0.377 e. The van der Waals surface area contributed by atoms with Crippen LogP contribution >= 0.6 is 0 Å². The topological polar surface area (TPSA) is 67.5 Å². The summed E-state index contributed by atoms with van der Waals surface area (Å²) in [5, 5.41) is 8.24. The van der Waals surface area contributed by atoms with Crippen molar-refractivity contribution in [3.63, 3.8) is 0 Å². The fourth-order valence-corrected chi connectivity index (χ4v) is 0.0985. The van der Waals surface area contributed by atoms with E-state index in [4.69, 9.17) is 5.11 Å².